The Hall–Kier alpha value is -3.29. The average Bonchev–Trinajstić information content (AvgIpc) is 3.55. The summed E-state index contributed by atoms with van der Waals surface area (Å²) < 4.78 is 1.83. The largest absolute Gasteiger partial charge is 0.299 e. The van der Waals surface area contributed by atoms with E-state index in [0.717, 1.165) is 38.2 Å². The van der Waals surface area contributed by atoms with Gasteiger partial charge in [0.25, 0.3) is 5.91 Å². The minimum absolute atomic E-state index is 0.0210. The van der Waals surface area contributed by atoms with Crippen LogP contribution in [0.5, 0.6) is 0 Å². The van der Waals surface area contributed by atoms with Crippen molar-refractivity contribution in [3.05, 3.63) is 95.1 Å². The summed E-state index contributed by atoms with van der Waals surface area (Å²) in [6, 6.07) is 22.6. The Labute approximate surface area is 191 Å². The van der Waals surface area contributed by atoms with Crippen molar-refractivity contribution < 1.29 is 4.79 Å². The molecule has 2 aromatic heterocycles. The molecule has 32 heavy (non-hydrogen) atoms. The zero-order valence-corrected chi connectivity index (χ0v) is 18.6. The number of nitrogens with zero attached hydrogens (tertiary/aromatic N) is 5. The number of likely N-dealkylation sites (tertiary alicyclic amines) is 1. The molecule has 7 heteroatoms. The van der Waals surface area contributed by atoms with Crippen molar-refractivity contribution >= 4 is 23.1 Å². The van der Waals surface area contributed by atoms with Crippen LogP contribution in [-0.4, -0.2) is 44.7 Å². The molecule has 1 aliphatic rings. The normalized spacial score (nSPS) is 15.0. The van der Waals surface area contributed by atoms with Gasteiger partial charge in [0.1, 0.15) is 4.88 Å². The number of rotatable bonds is 6. The van der Waals surface area contributed by atoms with Gasteiger partial charge in [0.2, 0.25) is 0 Å². The van der Waals surface area contributed by atoms with Crippen LogP contribution in [0.1, 0.15) is 28.1 Å². The first-order valence-electron chi connectivity index (χ1n) is 10.9. The smallest absolute Gasteiger partial charge is 0.271 e. The standard InChI is InChI=1S/C25H25N5OS/c31-25(23-17-26-19-32-23)30(24-13-16-29(27-24)21-9-5-2-6-10-21)22-11-14-28(15-12-22)18-20-7-3-1-4-8-20/h1-10,13,16-17,19,22H,11-12,14-15,18H2. The number of carbonyl (C=O) groups is 1. The number of hydrogen-bond acceptors (Lipinski definition) is 5. The second kappa shape index (κ2) is 9.46. The molecule has 0 spiro atoms. The van der Waals surface area contributed by atoms with Crippen molar-refractivity contribution in [3.8, 4) is 5.69 Å². The summed E-state index contributed by atoms with van der Waals surface area (Å²) in [6.45, 7) is 2.84. The van der Waals surface area contributed by atoms with Gasteiger partial charge in [0, 0.05) is 37.9 Å². The molecule has 3 heterocycles. The van der Waals surface area contributed by atoms with Gasteiger partial charge in [-0.15, -0.1) is 16.4 Å². The number of thiazole rings is 1. The van der Waals surface area contributed by atoms with E-state index in [2.05, 4.69) is 34.1 Å². The third kappa shape index (κ3) is 4.49. The maximum absolute atomic E-state index is 13.5. The van der Waals surface area contributed by atoms with Crippen molar-refractivity contribution in [2.24, 2.45) is 0 Å². The first-order chi connectivity index (χ1) is 15.8. The third-order valence-corrected chi connectivity index (χ3v) is 6.64. The van der Waals surface area contributed by atoms with E-state index in [-0.39, 0.29) is 11.9 Å². The molecule has 0 atom stereocenters. The number of aromatic nitrogens is 3. The van der Waals surface area contributed by atoms with E-state index >= 15 is 0 Å². The summed E-state index contributed by atoms with van der Waals surface area (Å²) in [5, 5.41) is 4.77. The number of benzene rings is 2. The molecule has 0 radical (unpaired) electrons. The van der Waals surface area contributed by atoms with Gasteiger partial charge in [-0.2, -0.15) is 0 Å². The number of amides is 1. The predicted octanol–water partition coefficient (Wildman–Crippen LogP) is 4.64. The summed E-state index contributed by atoms with van der Waals surface area (Å²) >= 11 is 1.38. The molecule has 4 aromatic rings. The molecule has 5 rings (SSSR count). The zero-order chi connectivity index (χ0) is 21.8. The van der Waals surface area contributed by atoms with Gasteiger partial charge >= 0.3 is 0 Å². The van der Waals surface area contributed by atoms with Crippen molar-refractivity contribution in [2.75, 3.05) is 18.0 Å². The molecule has 6 nitrogen and oxygen atoms in total. The van der Waals surface area contributed by atoms with Crippen molar-refractivity contribution in [1.82, 2.24) is 19.7 Å². The second-order valence-electron chi connectivity index (χ2n) is 7.99. The van der Waals surface area contributed by atoms with Crippen molar-refractivity contribution in [3.63, 3.8) is 0 Å². The Morgan fingerprint density at radius 2 is 1.72 bits per heavy atom. The Morgan fingerprint density at radius 1 is 1.00 bits per heavy atom. The highest BCUT2D eigenvalue weighted by atomic mass is 32.1. The number of hydrogen-bond donors (Lipinski definition) is 0. The third-order valence-electron chi connectivity index (χ3n) is 5.88. The van der Waals surface area contributed by atoms with Gasteiger partial charge in [-0.05, 0) is 30.5 Å². The first kappa shape index (κ1) is 20.6. The summed E-state index contributed by atoms with van der Waals surface area (Å²) in [4.78, 5) is 22.6. The Balaban J connectivity index is 1.36. The van der Waals surface area contributed by atoms with Crippen LogP contribution in [0, 0.1) is 0 Å². The summed E-state index contributed by atoms with van der Waals surface area (Å²) in [6.07, 6.45) is 5.39. The molecule has 0 saturated carbocycles. The maximum Gasteiger partial charge on any atom is 0.271 e. The van der Waals surface area contributed by atoms with Crippen LogP contribution in [0.3, 0.4) is 0 Å². The fraction of sp³-hybridized carbons (Fsp3) is 0.240. The highest BCUT2D eigenvalue weighted by molar-refractivity contribution is 7.11. The van der Waals surface area contributed by atoms with E-state index in [1.165, 1.54) is 16.9 Å². The van der Waals surface area contributed by atoms with Crippen LogP contribution in [0.4, 0.5) is 5.82 Å². The van der Waals surface area contributed by atoms with Gasteiger partial charge in [-0.25, -0.2) is 4.68 Å². The number of para-hydroxylation sites is 1. The van der Waals surface area contributed by atoms with Gasteiger partial charge < -0.3 is 0 Å². The molecule has 1 fully saturated rings. The van der Waals surface area contributed by atoms with Crippen LogP contribution in [0.15, 0.2) is 84.6 Å². The SMILES string of the molecule is O=C(c1cncs1)N(c1ccn(-c2ccccc2)n1)C1CCN(Cc2ccccc2)CC1. The van der Waals surface area contributed by atoms with E-state index in [0.29, 0.717) is 10.7 Å². The molecule has 1 aliphatic heterocycles. The lowest BCUT2D eigenvalue weighted by Gasteiger charge is -2.37. The molecule has 1 saturated heterocycles. The highest BCUT2D eigenvalue weighted by Gasteiger charge is 2.32. The maximum atomic E-state index is 13.5. The molecule has 0 aliphatic carbocycles. The molecule has 0 unspecified atom stereocenters. The van der Waals surface area contributed by atoms with E-state index < -0.39 is 0 Å². The van der Waals surface area contributed by atoms with Gasteiger partial charge in [-0.1, -0.05) is 48.5 Å². The minimum atomic E-state index is -0.0210. The monoisotopic (exact) mass is 443 g/mol. The molecule has 2 aromatic carbocycles. The number of anilines is 1. The van der Waals surface area contributed by atoms with Crippen LogP contribution >= 0.6 is 11.3 Å². The quantitative estimate of drug-likeness (QED) is 0.436. The van der Waals surface area contributed by atoms with Crippen molar-refractivity contribution in [2.45, 2.75) is 25.4 Å². The minimum Gasteiger partial charge on any atom is -0.299 e. The predicted molar refractivity (Wildman–Crippen MR) is 127 cm³/mol. The van der Waals surface area contributed by atoms with Gasteiger partial charge in [0.15, 0.2) is 5.82 Å². The molecule has 162 valence electrons. The lowest BCUT2D eigenvalue weighted by Crippen LogP contribution is -2.47. The molecular formula is C25H25N5OS. The fourth-order valence-corrected chi connectivity index (χ4v) is 4.80. The van der Waals surface area contributed by atoms with E-state index in [1.807, 2.05) is 58.2 Å². The lowest BCUT2D eigenvalue weighted by atomic mass is 10.0. The molecular weight excluding hydrogens is 418 g/mol. The Morgan fingerprint density at radius 3 is 2.41 bits per heavy atom. The summed E-state index contributed by atoms with van der Waals surface area (Å²) in [5.41, 5.74) is 4.00. The van der Waals surface area contributed by atoms with E-state index in [4.69, 9.17) is 5.10 Å². The van der Waals surface area contributed by atoms with E-state index in [9.17, 15) is 4.79 Å². The van der Waals surface area contributed by atoms with Crippen LogP contribution in [0.25, 0.3) is 5.69 Å². The average molecular weight is 444 g/mol. The summed E-state index contributed by atoms with van der Waals surface area (Å²) in [7, 11) is 0. The molecule has 0 bridgehead atoms. The summed E-state index contributed by atoms with van der Waals surface area (Å²) in [5.74, 6) is 0.668. The Kier molecular flexibility index (Phi) is 6.09. The fourth-order valence-electron chi connectivity index (χ4n) is 4.24. The van der Waals surface area contributed by atoms with Crippen molar-refractivity contribution in [1.29, 1.82) is 0 Å². The zero-order valence-electron chi connectivity index (χ0n) is 17.7. The lowest BCUT2D eigenvalue weighted by molar-refractivity contribution is 0.0961. The number of piperidine rings is 1. The van der Waals surface area contributed by atoms with Gasteiger partial charge in [0.05, 0.1) is 17.4 Å². The van der Waals surface area contributed by atoms with Crippen LogP contribution in [-0.2, 0) is 6.54 Å². The van der Waals surface area contributed by atoms with Crippen LogP contribution < -0.4 is 4.90 Å². The molecule has 0 N–H and O–H groups in total. The van der Waals surface area contributed by atoms with Gasteiger partial charge in [-0.3, -0.25) is 19.6 Å². The first-order valence-corrected chi connectivity index (χ1v) is 11.8. The number of carbonyl (C=O) groups excluding carboxylic acids is 1. The molecule has 1 amide bonds. The topological polar surface area (TPSA) is 54.3 Å². The highest BCUT2D eigenvalue weighted by Crippen LogP contribution is 2.27. The van der Waals surface area contributed by atoms with Crippen LogP contribution in [0.2, 0.25) is 0 Å². The van der Waals surface area contributed by atoms with E-state index in [1.54, 1.807) is 11.7 Å². The second-order valence-corrected chi connectivity index (χ2v) is 8.87. The Bertz CT molecular complexity index is 1140.